The predicted octanol–water partition coefficient (Wildman–Crippen LogP) is 2.07. The van der Waals surface area contributed by atoms with Gasteiger partial charge < -0.3 is 4.74 Å². The van der Waals surface area contributed by atoms with E-state index in [2.05, 4.69) is 0 Å². The Hall–Kier alpha value is -1.97. The Morgan fingerprint density at radius 3 is 2.23 bits per heavy atom. The van der Waals surface area contributed by atoms with E-state index < -0.39 is 19.9 Å². The second-order valence-electron chi connectivity index (χ2n) is 6.06. The largest absolute Gasteiger partial charge is 0.489 e. The van der Waals surface area contributed by atoms with Gasteiger partial charge in [0, 0.05) is 12.8 Å². The van der Waals surface area contributed by atoms with Crippen LogP contribution in [0.3, 0.4) is 0 Å². The molecule has 6 nitrogen and oxygen atoms in total. The number of hydrogen-bond acceptors (Lipinski definition) is 5. The highest BCUT2D eigenvalue weighted by molar-refractivity contribution is 7.93. The number of ether oxygens (including phenoxy) is 1. The van der Waals surface area contributed by atoms with Crippen LogP contribution in [0.5, 0.6) is 5.75 Å². The Morgan fingerprint density at radius 1 is 1.00 bits per heavy atom. The average molecular weight is 399 g/mol. The van der Waals surface area contributed by atoms with Crippen LogP contribution in [-0.2, 0) is 19.9 Å². The van der Waals surface area contributed by atoms with Crippen LogP contribution >= 0.6 is 0 Å². The third-order valence-electron chi connectivity index (χ3n) is 4.09. The number of sulfonamides is 1. The molecule has 1 atom stereocenters. The van der Waals surface area contributed by atoms with Crippen molar-refractivity contribution in [2.75, 3.05) is 19.3 Å². The lowest BCUT2D eigenvalue weighted by Crippen LogP contribution is -2.32. The van der Waals surface area contributed by atoms with E-state index in [0.29, 0.717) is 12.2 Å². The van der Waals surface area contributed by atoms with Crippen LogP contribution in [0.1, 0.15) is 6.42 Å². The first-order valence-corrected chi connectivity index (χ1v) is 11.2. The van der Waals surface area contributed by atoms with E-state index in [9.17, 15) is 21.2 Å². The molecule has 2 aromatic rings. The van der Waals surface area contributed by atoms with Crippen LogP contribution in [-0.4, -0.2) is 46.6 Å². The van der Waals surface area contributed by atoms with Crippen molar-refractivity contribution in [3.8, 4) is 5.75 Å². The zero-order valence-corrected chi connectivity index (χ0v) is 15.6. The molecule has 0 amide bonds. The zero-order valence-electron chi connectivity index (χ0n) is 14.0. The Balaban J connectivity index is 1.81. The topological polar surface area (TPSA) is 80.8 Å². The van der Waals surface area contributed by atoms with Gasteiger partial charge in [-0.2, -0.15) is 4.31 Å². The quantitative estimate of drug-likeness (QED) is 0.769. The molecule has 0 N–H and O–H groups in total. The zero-order chi connectivity index (χ0) is 18.9. The lowest BCUT2D eigenvalue weighted by Gasteiger charge is -2.18. The first kappa shape index (κ1) is 18.8. The molecular weight excluding hydrogens is 381 g/mol. The molecule has 26 heavy (non-hydrogen) atoms. The summed E-state index contributed by atoms with van der Waals surface area (Å²) in [7, 11) is -7.66. The standard InChI is InChI=1S/C17H18FNO5S2/c1-25(20,21)16-4-2-3-5-17(16)26(22,23)19-11-10-15(12-19)24-14-8-6-13(18)7-9-14/h2-9,15H,10-12H2,1H3/t15-/m0/s1. The van der Waals surface area contributed by atoms with Gasteiger partial charge >= 0.3 is 0 Å². The molecule has 0 saturated carbocycles. The molecule has 3 rings (SSSR count). The van der Waals surface area contributed by atoms with Crippen LogP contribution in [0.4, 0.5) is 4.39 Å². The van der Waals surface area contributed by atoms with Crippen molar-refractivity contribution in [3.63, 3.8) is 0 Å². The van der Waals surface area contributed by atoms with Crippen molar-refractivity contribution in [1.82, 2.24) is 4.31 Å². The third-order valence-corrected chi connectivity index (χ3v) is 7.30. The highest BCUT2D eigenvalue weighted by atomic mass is 32.2. The number of nitrogens with zero attached hydrogens (tertiary/aromatic N) is 1. The maximum absolute atomic E-state index is 12.9. The number of halogens is 1. The van der Waals surface area contributed by atoms with E-state index in [-0.39, 0.29) is 34.8 Å². The minimum atomic E-state index is -3.97. The van der Waals surface area contributed by atoms with Gasteiger partial charge in [-0.05, 0) is 42.8 Å². The summed E-state index contributed by atoms with van der Waals surface area (Å²) in [5.41, 5.74) is 0. The molecule has 1 aliphatic heterocycles. The molecule has 1 saturated heterocycles. The van der Waals surface area contributed by atoms with Gasteiger partial charge in [0.25, 0.3) is 0 Å². The molecule has 1 aliphatic rings. The number of hydrogen-bond donors (Lipinski definition) is 0. The van der Waals surface area contributed by atoms with E-state index in [0.717, 1.165) is 6.26 Å². The van der Waals surface area contributed by atoms with Gasteiger partial charge in [-0.1, -0.05) is 12.1 Å². The summed E-state index contributed by atoms with van der Waals surface area (Å²) >= 11 is 0. The molecule has 0 aliphatic carbocycles. The summed E-state index contributed by atoms with van der Waals surface area (Å²) in [6.45, 7) is 0.310. The highest BCUT2D eigenvalue weighted by Crippen LogP contribution is 2.28. The fourth-order valence-corrected chi connectivity index (χ4v) is 5.92. The smallest absolute Gasteiger partial charge is 0.244 e. The van der Waals surface area contributed by atoms with Crippen molar-refractivity contribution in [3.05, 3.63) is 54.3 Å². The SMILES string of the molecule is CS(=O)(=O)c1ccccc1S(=O)(=O)N1CC[C@H](Oc2ccc(F)cc2)C1. The Bertz CT molecular complexity index is 1000. The van der Waals surface area contributed by atoms with Crippen molar-refractivity contribution in [1.29, 1.82) is 0 Å². The summed E-state index contributed by atoms with van der Waals surface area (Å²) in [4.78, 5) is -0.451. The van der Waals surface area contributed by atoms with Gasteiger partial charge in [0.1, 0.15) is 22.6 Å². The van der Waals surface area contributed by atoms with Gasteiger partial charge in [-0.3, -0.25) is 0 Å². The summed E-state index contributed by atoms with van der Waals surface area (Å²) in [6.07, 6.45) is 1.05. The van der Waals surface area contributed by atoms with E-state index in [1.807, 2.05) is 0 Å². The summed E-state index contributed by atoms with van der Waals surface area (Å²) in [5, 5.41) is 0. The van der Waals surface area contributed by atoms with Crippen LogP contribution in [0.15, 0.2) is 58.3 Å². The molecule has 0 radical (unpaired) electrons. The summed E-state index contributed by atoms with van der Waals surface area (Å²) in [6, 6.07) is 11.0. The van der Waals surface area contributed by atoms with Crippen LogP contribution in [0.2, 0.25) is 0 Å². The second-order valence-corrected chi connectivity index (χ2v) is 9.95. The number of sulfone groups is 1. The molecule has 2 aromatic carbocycles. The van der Waals surface area contributed by atoms with Crippen molar-refractivity contribution in [2.45, 2.75) is 22.3 Å². The first-order valence-electron chi connectivity index (χ1n) is 7.89. The average Bonchev–Trinajstić information content (AvgIpc) is 3.05. The lowest BCUT2D eigenvalue weighted by atomic mass is 10.3. The molecule has 0 spiro atoms. The fraction of sp³-hybridized carbons (Fsp3) is 0.294. The first-order chi connectivity index (χ1) is 12.2. The molecule has 0 unspecified atom stereocenters. The van der Waals surface area contributed by atoms with Gasteiger partial charge in [0.2, 0.25) is 10.0 Å². The van der Waals surface area contributed by atoms with Gasteiger partial charge in [-0.15, -0.1) is 0 Å². The number of benzene rings is 2. The van der Waals surface area contributed by atoms with E-state index >= 15 is 0 Å². The number of rotatable bonds is 5. The Labute approximate surface area is 152 Å². The van der Waals surface area contributed by atoms with Crippen LogP contribution in [0.25, 0.3) is 0 Å². The highest BCUT2D eigenvalue weighted by Gasteiger charge is 2.36. The van der Waals surface area contributed by atoms with Gasteiger partial charge in [0.05, 0.1) is 11.4 Å². The molecule has 140 valence electrons. The predicted molar refractivity (Wildman–Crippen MR) is 93.7 cm³/mol. The van der Waals surface area contributed by atoms with Crippen molar-refractivity contribution >= 4 is 19.9 Å². The molecule has 1 heterocycles. The monoisotopic (exact) mass is 399 g/mol. The second kappa shape index (κ2) is 6.98. The summed E-state index contributed by atoms with van der Waals surface area (Å²) < 4.78 is 69.5. The van der Waals surface area contributed by atoms with E-state index in [1.165, 1.54) is 52.8 Å². The molecule has 0 bridgehead atoms. The normalized spacial score (nSPS) is 18.8. The molecule has 1 fully saturated rings. The van der Waals surface area contributed by atoms with Gasteiger partial charge in [-0.25, -0.2) is 21.2 Å². The van der Waals surface area contributed by atoms with Gasteiger partial charge in [0.15, 0.2) is 9.84 Å². The maximum atomic E-state index is 12.9. The van der Waals surface area contributed by atoms with Crippen molar-refractivity contribution in [2.24, 2.45) is 0 Å². The minimum Gasteiger partial charge on any atom is -0.489 e. The maximum Gasteiger partial charge on any atom is 0.244 e. The van der Waals surface area contributed by atoms with E-state index in [4.69, 9.17) is 4.74 Å². The third kappa shape index (κ3) is 3.89. The molecule has 9 heteroatoms. The minimum absolute atomic E-state index is 0.0950. The van der Waals surface area contributed by atoms with Crippen LogP contribution < -0.4 is 4.74 Å². The lowest BCUT2D eigenvalue weighted by molar-refractivity contribution is 0.215. The van der Waals surface area contributed by atoms with Crippen molar-refractivity contribution < 1.29 is 26.0 Å². The van der Waals surface area contributed by atoms with Crippen LogP contribution in [0, 0.1) is 5.82 Å². The molecule has 0 aromatic heterocycles. The Kier molecular flexibility index (Phi) is 5.05. The summed E-state index contributed by atoms with van der Waals surface area (Å²) in [5.74, 6) is 0.0672. The van der Waals surface area contributed by atoms with E-state index in [1.54, 1.807) is 0 Å². The molecular formula is C17H18FNO5S2. The Morgan fingerprint density at radius 2 is 1.62 bits per heavy atom. The fourth-order valence-electron chi connectivity index (χ4n) is 2.83.